The normalized spacial score (nSPS) is 13.8. The topological polar surface area (TPSA) is 65.4 Å². The van der Waals surface area contributed by atoms with Crippen LogP contribution in [0.25, 0.3) is 5.69 Å². The molecule has 0 fully saturated rings. The van der Waals surface area contributed by atoms with E-state index in [2.05, 4.69) is 29.4 Å². The van der Waals surface area contributed by atoms with Crippen LogP contribution < -0.4 is 20.3 Å². The monoisotopic (exact) mass is 363 g/mol. The van der Waals surface area contributed by atoms with Gasteiger partial charge >= 0.3 is 0 Å². The van der Waals surface area contributed by atoms with Gasteiger partial charge in [0.15, 0.2) is 17.3 Å². The van der Waals surface area contributed by atoms with Crippen molar-refractivity contribution < 1.29 is 9.47 Å². The first-order chi connectivity index (χ1) is 13.2. The van der Waals surface area contributed by atoms with Crippen molar-refractivity contribution in [3.05, 3.63) is 76.8 Å². The third-order valence-corrected chi connectivity index (χ3v) is 4.59. The highest BCUT2D eigenvalue weighted by Gasteiger charge is 2.14. The van der Waals surface area contributed by atoms with E-state index in [0.717, 1.165) is 0 Å². The summed E-state index contributed by atoms with van der Waals surface area (Å²) >= 11 is 0. The van der Waals surface area contributed by atoms with Crippen LogP contribution in [0.3, 0.4) is 0 Å². The Bertz CT molecular complexity index is 985. The molecule has 3 aromatic rings. The second kappa shape index (κ2) is 7.53. The van der Waals surface area contributed by atoms with Gasteiger partial charge in [0.2, 0.25) is 0 Å². The lowest BCUT2D eigenvalue weighted by molar-refractivity contribution is 0.171. The summed E-state index contributed by atoms with van der Waals surface area (Å²) in [6, 6.07) is 15.7. The molecule has 1 unspecified atom stereocenters. The Labute approximate surface area is 157 Å². The van der Waals surface area contributed by atoms with Crippen LogP contribution in [-0.2, 0) is 0 Å². The Morgan fingerprint density at radius 2 is 1.89 bits per heavy atom. The van der Waals surface area contributed by atoms with E-state index in [1.165, 1.54) is 5.56 Å². The zero-order valence-electron chi connectivity index (χ0n) is 15.1. The van der Waals surface area contributed by atoms with Crippen LogP contribution in [0, 0.1) is 0 Å². The van der Waals surface area contributed by atoms with Crippen LogP contribution in [0.1, 0.15) is 18.4 Å². The van der Waals surface area contributed by atoms with Gasteiger partial charge in [0, 0.05) is 25.0 Å². The fourth-order valence-corrected chi connectivity index (χ4v) is 3.07. The number of hydrogen-bond donors (Lipinski definition) is 1. The van der Waals surface area contributed by atoms with Crippen LogP contribution in [-0.4, -0.2) is 29.3 Å². The zero-order chi connectivity index (χ0) is 18.6. The molecule has 1 N–H and O–H groups in total. The maximum atomic E-state index is 12.9. The van der Waals surface area contributed by atoms with Gasteiger partial charge in [-0.3, -0.25) is 9.36 Å². The van der Waals surface area contributed by atoms with E-state index in [0.29, 0.717) is 42.8 Å². The highest BCUT2D eigenvalue weighted by molar-refractivity contribution is 5.50. The minimum absolute atomic E-state index is 0.200. The van der Waals surface area contributed by atoms with Gasteiger partial charge in [-0.1, -0.05) is 37.3 Å². The highest BCUT2D eigenvalue weighted by atomic mass is 16.6. The lowest BCUT2D eigenvalue weighted by Gasteiger charge is -2.19. The Hall–Kier alpha value is -3.28. The molecule has 0 spiro atoms. The number of fused-ring (bicyclic) bond motifs is 1. The molecule has 0 radical (unpaired) electrons. The first-order valence-electron chi connectivity index (χ1n) is 8.99. The molecule has 6 nitrogen and oxygen atoms in total. The Morgan fingerprint density at radius 1 is 1.11 bits per heavy atom. The molecule has 1 aliphatic rings. The molecule has 6 heteroatoms. The first-order valence-corrected chi connectivity index (χ1v) is 8.99. The zero-order valence-corrected chi connectivity index (χ0v) is 15.1. The number of nitrogens with one attached hydrogen (secondary N) is 1. The summed E-state index contributed by atoms with van der Waals surface area (Å²) < 4.78 is 12.7. The number of anilines is 1. The molecule has 4 rings (SSSR count). The maximum Gasteiger partial charge on any atom is 0.297 e. The number of ether oxygens (including phenoxy) is 2. The predicted molar refractivity (Wildman–Crippen MR) is 104 cm³/mol. The van der Waals surface area contributed by atoms with Gasteiger partial charge in [-0.25, -0.2) is 4.98 Å². The van der Waals surface area contributed by atoms with Gasteiger partial charge in [0.1, 0.15) is 13.2 Å². The Kier molecular flexibility index (Phi) is 4.78. The SMILES string of the molecule is CC(CNc1nccn(-c2ccc3c(c2)OCCO3)c1=O)c1ccccc1. The van der Waals surface area contributed by atoms with E-state index in [9.17, 15) is 4.79 Å². The van der Waals surface area contributed by atoms with Crippen molar-refractivity contribution in [2.45, 2.75) is 12.8 Å². The summed E-state index contributed by atoms with van der Waals surface area (Å²) in [4.78, 5) is 17.1. The van der Waals surface area contributed by atoms with Crippen molar-refractivity contribution in [1.82, 2.24) is 9.55 Å². The number of benzene rings is 2. The Morgan fingerprint density at radius 3 is 2.70 bits per heavy atom. The minimum Gasteiger partial charge on any atom is -0.486 e. The van der Waals surface area contributed by atoms with E-state index < -0.39 is 0 Å². The molecule has 1 atom stereocenters. The van der Waals surface area contributed by atoms with Crippen molar-refractivity contribution in [1.29, 1.82) is 0 Å². The van der Waals surface area contributed by atoms with Gasteiger partial charge in [0.05, 0.1) is 5.69 Å². The quantitative estimate of drug-likeness (QED) is 0.754. The molecule has 0 saturated heterocycles. The molecule has 0 aliphatic carbocycles. The van der Waals surface area contributed by atoms with Crippen molar-refractivity contribution in [2.24, 2.45) is 0 Å². The van der Waals surface area contributed by atoms with Crippen LogP contribution in [0.2, 0.25) is 0 Å². The average molecular weight is 363 g/mol. The van der Waals surface area contributed by atoms with Crippen LogP contribution in [0.15, 0.2) is 65.7 Å². The van der Waals surface area contributed by atoms with Crippen molar-refractivity contribution in [3.63, 3.8) is 0 Å². The molecule has 138 valence electrons. The molecule has 27 heavy (non-hydrogen) atoms. The molecule has 0 saturated carbocycles. The number of rotatable bonds is 5. The van der Waals surface area contributed by atoms with Crippen LogP contribution in [0.5, 0.6) is 11.5 Å². The molecule has 1 aromatic heterocycles. The molecule has 2 aromatic carbocycles. The standard InChI is InChI=1S/C21H21N3O3/c1-15(16-5-3-2-4-6-16)14-23-20-21(25)24(10-9-22-20)17-7-8-18-19(13-17)27-12-11-26-18/h2-10,13,15H,11-12,14H2,1H3,(H,22,23). The summed E-state index contributed by atoms with van der Waals surface area (Å²) in [7, 11) is 0. The fourth-order valence-electron chi connectivity index (χ4n) is 3.07. The van der Waals surface area contributed by atoms with Gasteiger partial charge in [0.25, 0.3) is 5.56 Å². The van der Waals surface area contributed by atoms with Gasteiger partial charge in [-0.15, -0.1) is 0 Å². The van der Waals surface area contributed by atoms with E-state index >= 15 is 0 Å². The molecule has 1 aliphatic heterocycles. The highest BCUT2D eigenvalue weighted by Crippen LogP contribution is 2.31. The Balaban J connectivity index is 1.55. The summed E-state index contributed by atoms with van der Waals surface area (Å²) in [6.45, 7) is 3.78. The second-order valence-corrected chi connectivity index (χ2v) is 6.47. The van der Waals surface area contributed by atoms with Crippen molar-refractivity contribution in [2.75, 3.05) is 25.1 Å². The van der Waals surface area contributed by atoms with Gasteiger partial charge in [-0.2, -0.15) is 0 Å². The van der Waals surface area contributed by atoms with Crippen LogP contribution in [0.4, 0.5) is 5.82 Å². The lowest BCUT2D eigenvalue weighted by Crippen LogP contribution is -2.25. The summed E-state index contributed by atoms with van der Waals surface area (Å²) in [6.07, 6.45) is 3.27. The van der Waals surface area contributed by atoms with E-state index in [-0.39, 0.29) is 11.5 Å². The first kappa shape index (κ1) is 17.1. The van der Waals surface area contributed by atoms with E-state index in [4.69, 9.17) is 9.47 Å². The third kappa shape index (κ3) is 3.65. The van der Waals surface area contributed by atoms with Gasteiger partial charge in [-0.05, 0) is 23.6 Å². The fraction of sp³-hybridized carbons (Fsp3) is 0.238. The number of nitrogens with zero attached hydrogens (tertiary/aromatic N) is 2. The molecule has 2 heterocycles. The third-order valence-electron chi connectivity index (χ3n) is 4.59. The van der Waals surface area contributed by atoms with Crippen molar-refractivity contribution in [3.8, 4) is 17.2 Å². The molecule has 0 amide bonds. The van der Waals surface area contributed by atoms with Gasteiger partial charge < -0.3 is 14.8 Å². The summed E-state index contributed by atoms with van der Waals surface area (Å²) in [5, 5.41) is 3.18. The summed E-state index contributed by atoms with van der Waals surface area (Å²) in [5.41, 5.74) is 1.73. The molecular formula is C21H21N3O3. The smallest absolute Gasteiger partial charge is 0.297 e. The minimum atomic E-state index is -0.200. The molecule has 0 bridgehead atoms. The van der Waals surface area contributed by atoms with Crippen molar-refractivity contribution >= 4 is 5.82 Å². The lowest BCUT2D eigenvalue weighted by atomic mass is 10.0. The number of aromatic nitrogens is 2. The predicted octanol–water partition coefficient (Wildman–Crippen LogP) is 3.22. The second-order valence-electron chi connectivity index (χ2n) is 6.47. The number of hydrogen-bond acceptors (Lipinski definition) is 5. The van der Waals surface area contributed by atoms with E-state index in [1.54, 1.807) is 17.0 Å². The summed E-state index contributed by atoms with van der Waals surface area (Å²) in [5.74, 6) is 1.93. The molecular weight excluding hydrogens is 342 g/mol. The van der Waals surface area contributed by atoms with Crippen LogP contribution >= 0.6 is 0 Å². The maximum absolute atomic E-state index is 12.9. The van der Waals surface area contributed by atoms with E-state index in [1.807, 2.05) is 36.4 Å². The average Bonchev–Trinajstić information content (AvgIpc) is 2.73. The largest absolute Gasteiger partial charge is 0.486 e.